The molecule has 3 heterocycles. The van der Waals surface area contributed by atoms with Crippen LogP contribution in [0.3, 0.4) is 0 Å². The lowest BCUT2D eigenvalue weighted by Crippen LogP contribution is -2.55. The standard InChI is InChI=1S/C43H53N5O6/c1-27(2)54-38-19-18-30(20-39(38)53-5)43(52)48-23-31-21-47(22-32(26-49)40-28(3)45-36-16-10-9-15-33(36)40)24-35(34(31)25-48)41(50)46-37(42(51)44-4)17-11-14-29-12-7-6-8-13-29/h6-10,12-13,15-16,18-20,26-27,31-32,34-35,37,45H,11,14,17,21-25H2,1-5H3,(H,44,51)(H,46,50)/t31?,32?,34?,35?,37-/m0/s1. The van der Waals surface area contributed by atoms with Crippen molar-refractivity contribution in [3.8, 4) is 11.5 Å². The minimum atomic E-state index is -0.699. The maximum atomic E-state index is 14.4. The molecule has 0 saturated carbocycles. The molecule has 5 atom stereocenters. The topological polar surface area (TPSA) is 133 Å². The minimum Gasteiger partial charge on any atom is -0.493 e. The first-order valence-electron chi connectivity index (χ1n) is 19.0. The van der Waals surface area contributed by atoms with Crippen LogP contribution in [0.4, 0.5) is 0 Å². The van der Waals surface area contributed by atoms with Crippen LogP contribution in [0.5, 0.6) is 11.5 Å². The van der Waals surface area contributed by atoms with E-state index < -0.39 is 17.9 Å². The summed E-state index contributed by atoms with van der Waals surface area (Å²) >= 11 is 0. The molecule has 2 aliphatic rings. The Morgan fingerprint density at radius 1 is 0.963 bits per heavy atom. The SMILES string of the molecule is CNC(=O)[C@H](CCCc1ccccc1)NC(=O)C1CN(CC(C=O)c2c(C)[nH]c3ccccc23)CC2CN(C(=O)c3ccc(OC(C)C)c(OC)c3)CC21. The highest BCUT2D eigenvalue weighted by Crippen LogP contribution is 2.38. The number of rotatable bonds is 15. The van der Waals surface area contributed by atoms with Crippen molar-refractivity contribution in [3.05, 3.63) is 95.2 Å². The van der Waals surface area contributed by atoms with Crippen LogP contribution < -0.4 is 20.1 Å². The Balaban J connectivity index is 1.24. The lowest BCUT2D eigenvalue weighted by atomic mass is 9.78. The number of fused-ring (bicyclic) bond motifs is 2. The van der Waals surface area contributed by atoms with Gasteiger partial charge in [0, 0.05) is 61.9 Å². The molecule has 3 N–H and O–H groups in total. The van der Waals surface area contributed by atoms with E-state index in [4.69, 9.17) is 9.47 Å². The maximum absolute atomic E-state index is 14.4. The number of hydrogen-bond donors (Lipinski definition) is 3. The first-order valence-corrected chi connectivity index (χ1v) is 19.0. The molecule has 11 nitrogen and oxygen atoms in total. The lowest BCUT2D eigenvalue weighted by molar-refractivity contribution is -0.134. The van der Waals surface area contributed by atoms with Gasteiger partial charge in [0.15, 0.2) is 11.5 Å². The van der Waals surface area contributed by atoms with Crippen LogP contribution in [0, 0.1) is 24.7 Å². The number of amides is 3. The summed E-state index contributed by atoms with van der Waals surface area (Å²) in [5.41, 5.74) is 4.54. The van der Waals surface area contributed by atoms with E-state index in [-0.39, 0.29) is 35.7 Å². The predicted molar refractivity (Wildman–Crippen MR) is 209 cm³/mol. The molecular formula is C43H53N5O6. The van der Waals surface area contributed by atoms with Crippen molar-refractivity contribution in [2.24, 2.45) is 17.8 Å². The molecule has 3 aromatic carbocycles. The van der Waals surface area contributed by atoms with Gasteiger partial charge in [-0.3, -0.25) is 14.4 Å². The van der Waals surface area contributed by atoms with Gasteiger partial charge in [-0.2, -0.15) is 0 Å². The Bertz CT molecular complexity index is 1940. The average molecular weight is 736 g/mol. The number of hydrogen-bond acceptors (Lipinski definition) is 7. The van der Waals surface area contributed by atoms with Crippen LogP contribution in [-0.4, -0.2) is 97.8 Å². The van der Waals surface area contributed by atoms with E-state index in [0.717, 1.165) is 41.3 Å². The molecule has 3 amide bonds. The molecule has 0 spiro atoms. The zero-order valence-electron chi connectivity index (χ0n) is 32.0. The third kappa shape index (κ3) is 8.62. The fourth-order valence-corrected chi connectivity index (χ4v) is 8.43. The number of para-hydroxylation sites is 1. The van der Waals surface area contributed by atoms with Gasteiger partial charge in [0.25, 0.3) is 5.91 Å². The summed E-state index contributed by atoms with van der Waals surface area (Å²) in [5.74, 6) is -0.614. The lowest BCUT2D eigenvalue weighted by Gasteiger charge is -2.40. The van der Waals surface area contributed by atoms with Gasteiger partial charge >= 0.3 is 0 Å². The fourth-order valence-electron chi connectivity index (χ4n) is 8.43. The number of ether oxygens (including phenoxy) is 2. The maximum Gasteiger partial charge on any atom is 0.254 e. The summed E-state index contributed by atoms with van der Waals surface area (Å²) in [6, 6.07) is 22.6. The summed E-state index contributed by atoms with van der Waals surface area (Å²) in [4.78, 5) is 61.8. The largest absolute Gasteiger partial charge is 0.493 e. The van der Waals surface area contributed by atoms with Gasteiger partial charge in [-0.05, 0) is 87.3 Å². The summed E-state index contributed by atoms with van der Waals surface area (Å²) in [6.07, 6.45) is 2.95. The van der Waals surface area contributed by atoms with Crippen molar-refractivity contribution in [1.82, 2.24) is 25.4 Å². The molecule has 2 aliphatic heterocycles. The number of nitrogens with zero attached hydrogens (tertiary/aromatic N) is 2. The van der Waals surface area contributed by atoms with Crippen LogP contribution in [0.2, 0.25) is 0 Å². The summed E-state index contributed by atoms with van der Waals surface area (Å²) in [7, 11) is 3.14. The van der Waals surface area contributed by atoms with Gasteiger partial charge in [-0.1, -0.05) is 48.5 Å². The number of aldehydes is 1. The molecule has 6 rings (SSSR count). The van der Waals surface area contributed by atoms with E-state index in [1.54, 1.807) is 32.4 Å². The van der Waals surface area contributed by atoms with Gasteiger partial charge in [0.1, 0.15) is 12.3 Å². The number of piperidine rings is 1. The number of likely N-dealkylation sites (N-methyl/N-ethyl adjacent to an activating group) is 1. The van der Waals surface area contributed by atoms with E-state index in [1.165, 1.54) is 5.56 Å². The monoisotopic (exact) mass is 735 g/mol. The highest BCUT2D eigenvalue weighted by atomic mass is 16.5. The van der Waals surface area contributed by atoms with Crippen LogP contribution >= 0.6 is 0 Å². The van der Waals surface area contributed by atoms with Crippen molar-refractivity contribution in [2.45, 2.75) is 58.1 Å². The van der Waals surface area contributed by atoms with Crippen molar-refractivity contribution < 1.29 is 28.7 Å². The number of likely N-dealkylation sites (tertiary alicyclic amines) is 2. The third-order valence-corrected chi connectivity index (χ3v) is 11.0. The van der Waals surface area contributed by atoms with E-state index in [1.807, 2.05) is 68.1 Å². The number of carbonyl (C=O) groups excluding carboxylic acids is 4. The number of benzene rings is 3. The van der Waals surface area contributed by atoms with Gasteiger partial charge < -0.3 is 39.7 Å². The van der Waals surface area contributed by atoms with E-state index in [2.05, 4.69) is 32.7 Å². The van der Waals surface area contributed by atoms with Crippen LogP contribution in [0.15, 0.2) is 72.8 Å². The van der Waals surface area contributed by atoms with Crippen molar-refractivity contribution >= 4 is 34.9 Å². The molecule has 0 bridgehead atoms. The molecule has 11 heteroatoms. The van der Waals surface area contributed by atoms with Crippen molar-refractivity contribution in [2.75, 3.05) is 46.9 Å². The second kappa shape index (κ2) is 17.3. The summed E-state index contributed by atoms with van der Waals surface area (Å²) in [5, 5.41) is 6.86. The zero-order valence-corrected chi connectivity index (χ0v) is 32.0. The molecule has 0 radical (unpaired) electrons. The van der Waals surface area contributed by atoms with E-state index in [0.29, 0.717) is 56.2 Å². The van der Waals surface area contributed by atoms with E-state index in [9.17, 15) is 19.2 Å². The molecule has 0 aliphatic carbocycles. The Hall–Kier alpha value is -5.16. The average Bonchev–Trinajstić information content (AvgIpc) is 3.76. The second-order valence-electron chi connectivity index (χ2n) is 15.0. The molecular weight excluding hydrogens is 683 g/mol. The van der Waals surface area contributed by atoms with Gasteiger partial charge in [0.2, 0.25) is 11.8 Å². The highest BCUT2D eigenvalue weighted by Gasteiger charge is 2.47. The van der Waals surface area contributed by atoms with E-state index >= 15 is 0 Å². The second-order valence-corrected chi connectivity index (χ2v) is 15.0. The quantitative estimate of drug-likeness (QED) is 0.144. The third-order valence-electron chi connectivity index (χ3n) is 11.0. The van der Waals surface area contributed by atoms with Crippen LogP contribution in [0.25, 0.3) is 10.9 Å². The number of carbonyl (C=O) groups is 4. The predicted octanol–water partition coefficient (Wildman–Crippen LogP) is 5.13. The van der Waals surface area contributed by atoms with Gasteiger partial charge in [-0.15, -0.1) is 0 Å². The summed E-state index contributed by atoms with van der Waals surface area (Å²) < 4.78 is 11.4. The van der Waals surface area contributed by atoms with Gasteiger partial charge in [0.05, 0.1) is 25.0 Å². The minimum absolute atomic E-state index is 0.0169. The van der Waals surface area contributed by atoms with Crippen molar-refractivity contribution in [3.63, 3.8) is 0 Å². The molecule has 2 fully saturated rings. The zero-order chi connectivity index (χ0) is 38.4. The highest BCUT2D eigenvalue weighted by molar-refractivity contribution is 5.95. The molecule has 4 aromatic rings. The Kier molecular flexibility index (Phi) is 12.4. The number of nitrogens with one attached hydrogen (secondary N) is 3. The fraction of sp³-hybridized carbons (Fsp3) is 0.442. The smallest absolute Gasteiger partial charge is 0.254 e. The number of aryl methyl sites for hydroxylation is 2. The number of aromatic nitrogens is 1. The molecule has 1 aromatic heterocycles. The summed E-state index contributed by atoms with van der Waals surface area (Å²) in [6.45, 7) is 8.18. The molecule has 4 unspecified atom stereocenters. The Labute approximate surface area is 317 Å². The number of methoxy groups -OCH3 is 1. The number of H-pyrrole nitrogens is 1. The van der Waals surface area contributed by atoms with Gasteiger partial charge in [-0.25, -0.2) is 0 Å². The van der Waals surface area contributed by atoms with Crippen LogP contribution in [-0.2, 0) is 20.8 Å². The molecule has 286 valence electrons. The van der Waals surface area contributed by atoms with Crippen LogP contribution in [0.1, 0.15) is 59.8 Å². The van der Waals surface area contributed by atoms with Crippen molar-refractivity contribution in [1.29, 1.82) is 0 Å². The Morgan fingerprint density at radius 2 is 1.72 bits per heavy atom. The number of aromatic amines is 1. The Morgan fingerprint density at radius 3 is 2.44 bits per heavy atom. The normalized spacial score (nSPS) is 19.6. The molecule has 2 saturated heterocycles. The first-order chi connectivity index (χ1) is 26.1. The first kappa shape index (κ1) is 38.6. The molecule has 54 heavy (non-hydrogen) atoms.